The number of nitrogens with one attached hydrogen (secondary N) is 2. The number of carbonyl (C=O) groups excluding carboxylic acids is 1. The molecule has 1 amide bonds. The third-order valence-electron chi connectivity index (χ3n) is 5.16. The number of amides is 1. The zero-order valence-electron chi connectivity index (χ0n) is 16.1. The second-order valence-electron chi connectivity index (χ2n) is 7.26. The van der Waals surface area contributed by atoms with E-state index in [1.54, 1.807) is 24.4 Å². The lowest BCUT2D eigenvalue weighted by Gasteiger charge is -2.08. The number of anilines is 2. The van der Waals surface area contributed by atoms with Gasteiger partial charge in [0.1, 0.15) is 0 Å². The van der Waals surface area contributed by atoms with Crippen molar-refractivity contribution in [3.8, 4) is 0 Å². The van der Waals surface area contributed by atoms with Crippen molar-refractivity contribution in [3.63, 3.8) is 0 Å². The summed E-state index contributed by atoms with van der Waals surface area (Å²) in [4.78, 5) is 20.5. The third-order valence-corrected chi connectivity index (χ3v) is 7.27. The zero-order valence-corrected chi connectivity index (χ0v) is 17.7. The lowest BCUT2D eigenvalue weighted by atomic mass is 10.1. The normalized spacial score (nSPS) is 17.9. The van der Waals surface area contributed by atoms with E-state index in [0.29, 0.717) is 0 Å². The first-order valence-electron chi connectivity index (χ1n) is 9.55. The van der Waals surface area contributed by atoms with E-state index in [1.807, 2.05) is 18.2 Å². The molecule has 0 bridgehead atoms. The number of sulfonamides is 1. The van der Waals surface area contributed by atoms with E-state index < -0.39 is 10.0 Å². The number of fused-ring (bicyclic) bond motifs is 1. The highest BCUT2D eigenvalue weighted by molar-refractivity contribution is 7.92. The first kappa shape index (κ1) is 19.6. The van der Waals surface area contributed by atoms with Gasteiger partial charge in [-0.25, -0.2) is 23.1 Å². The number of hydrogen-bond acceptors (Lipinski definition) is 7. The van der Waals surface area contributed by atoms with E-state index in [-0.39, 0.29) is 28.6 Å². The Labute approximate surface area is 182 Å². The topological polar surface area (TPSA) is 114 Å². The number of rotatable bonds is 6. The average Bonchev–Trinajstić information content (AvgIpc) is 3.44. The molecule has 8 nitrogen and oxygen atoms in total. The van der Waals surface area contributed by atoms with E-state index in [2.05, 4.69) is 24.4 Å². The maximum Gasteiger partial charge on any atom is 0.264 e. The second kappa shape index (κ2) is 7.71. The van der Waals surface area contributed by atoms with Crippen LogP contribution in [0, 0.1) is 5.92 Å². The molecule has 10 heteroatoms. The fourth-order valence-electron chi connectivity index (χ4n) is 3.45. The van der Waals surface area contributed by atoms with Gasteiger partial charge in [-0.15, -0.1) is 0 Å². The molecule has 1 fully saturated rings. The van der Waals surface area contributed by atoms with Gasteiger partial charge in [0, 0.05) is 35.6 Å². The molecule has 2 aromatic carbocycles. The van der Waals surface area contributed by atoms with Crippen molar-refractivity contribution in [2.24, 2.45) is 5.92 Å². The van der Waals surface area contributed by atoms with Gasteiger partial charge in [0.05, 0.1) is 9.60 Å². The molecule has 1 aliphatic rings. The van der Waals surface area contributed by atoms with Gasteiger partial charge >= 0.3 is 0 Å². The minimum absolute atomic E-state index is 0.0158. The molecule has 0 aliphatic heterocycles. The van der Waals surface area contributed by atoms with Gasteiger partial charge in [0.15, 0.2) is 0 Å². The Hall–Kier alpha value is -3.37. The van der Waals surface area contributed by atoms with E-state index in [1.165, 1.54) is 36.1 Å². The molecule has 1 aliphatic carbocycles. The van der Waals surface area contributed by atoms with Crippen LogP contribution < -0.4 is 10.0 Å². The Bertz CT molecular complexity index is 1350. The fraction of sp³-hybridized carbons (Fsp3) is 0.143. The van der Waals surface area contributed by atoms with Crippen LogP contribution in [0.4, 0.5) is 11.6 Å². The van der Waals surface area contributed by atoms with Gasteiger partial charge in [-0.3, -0.25) is 4.79 Å². The first-order valence-corrected chi connectivity index (χ1v) is 11.8. The van der Waals surface area contributed by atoms with Gasteiger partial charge in [-0.05, 0) is 65.8 Å². The Morgan fingerprint density at radius 1 is 1.06 bits per heavy atom. The van der Waals surface area contributed by atoms with Gasteiger partial charge in [0.25, 0.3) is 10.0 Å². The second-order valence-corrected chi connectivity index (χ2v) is 9.78. The Morgan fingerprint density at radius 2 is 1.84 bits per heavy atom. The van der Waals surface area contributed by atoms with Crippen molar-refractivity contribution >= 4 is 49.2 Å². The summed E-state index contributed by atoms with van der Waals surface area (Å²) in [5, 5.41) is 4.02. The fourth-order valence-corrected chi connectivity index (χ4v) is 5.09. The van der Waals surface area contributed by atoms with Crippen molar-refractivity contribution in [2.75, 3.05) is 10.0 Å². The largest absolute Gasteiger partial charge is 0.326 e. The Balaban J connectivity index is 1.24. The number of hydrogen-bond donors (Lipinski definition) is 2. The Kier molecular flexibility index (Phi) is 4.87. The number of aromatic nitrogens is 3. The minimum Gasteiger partial charge on any atom is -0.326 e. The lowest BCUT2D eigenvalue weighted by Crippen LogP contribution is -2.15. The summed E-state index contributed by atoms with van der Waals surface area (Å²) in [7, 11) is -3.78. The van der Waals surface area contributed by atoms with E-state index in [9.17, 15) is 13.2 Å². The molecule has 1 unspecified atom stereocenters. The molecular formula is C21H17N5O3S2. The maximum atomic E-state index is 12.6. The van der Waals surface area contributed by atoms with Crippen molar-refractivity contribution in [3.05, 3.63) is 72.7 Å². The molecular weight excluding hydrogens is 434 g/mol. The SMILES string of the molecule is O=C(Nc1ccc2cnsc2c1)[C@@H]1CC1c1ccc(S(=O)(=O)Nc2ncccn2)cc1. The van der Waals surface area contributed by atoms with Crippen LogP contribution in [-0.4, -0.2) is 28.7 Å². The highest BCUT2D eigenvalue weighted by Gasteiger charge is 2.44. The van der Waals surface area contributed by atoms with Crippen LogP contribution in [0.25, 0.3) is 10.1 Å². The van der Waals surface area contributed by atoms with Gasteiger partial charge in [-0.1, -0.05) is 12.1 Å². The molecule has 2 heterocycles. The minimum atomic E-state index is -3.78. The monoisotopic (exact) mass is 451 g/mol. The molecule has 2 aromatic heterocycles. The van der Waals surface area contributed by atoms with Gasteiger partial charge < -0.3 is 5.32 Å². The summed E-state index contributed by atoms with van der Waals surface area (Å²) in [6, 6.07) is 13.9. The quantitative estimate of drug-likeness (QED) is 0.463. The maximum absolute atomic E-state index is 12.6. The summed E-state index contributed by atoms with van der Waals surface area (Å²) < 4.78 is 32.5. The van der Waals surface area contributed by atoms with Crippen LogP contribution >= 0.6 is 11.5 Å². The summed E-state index contributed by atoms with van der Waals surface area (Å²) in [5.74, 6) is -0.0692. The van der Waals surface area contributed by atoms with Crippen molar-refractivity contribution < 1.29 is 13.2 Å². The average molecular weight is 452 g/mol. The zero-order chi connectivity index (χ0) is 21.4. The molecule has 0 spiro atoms. The molecule has 1 saturated carbocycles. The summed E-state index contributed by atoms with van der Waals surface area (Å²) in [6.07, 6.45) is 5.45. The highest BCUT2D eigenvalue weighted by atomic mass is 32.2. The van der Waals surface area contributed by atoms with Crippen molar-refractivity contribution in [1.82, 2.24) is 14.3 Å². The molecule has 4 aromatic rings. The molecule has 2 N–H and O–H groups in total. The van der Waals surface area contributed by atoms with Gasteiger partial charge in [-0.2, -0.15) is 4.37 Å². The van der Waals surface area contributed by atoms with Crippen LogP contribution in [-0.2, 0) is 14.8 Å². The molecule has 31 heavy (non-hydrogen) atoms. The van der Waals surface area contributed by atoms with Crippen LogP contribution in [0.5, 0.6) is 0 Å². The lowest BCUT2D eigenvalue weighted by molar-refractivity contribution is -0.117. The molecule has 2 atom stereocenters. The summed E-state index contributed by atoms with van der Waals surface area (Å²) in [5.41, 5.74) is 1.69. The van der Waals surface area contributed by atoms with Crippen molar-refractivity contribution in [1.29, 1.82) is 0 Å². The van der Waals surface area contributed by atoms with Gasteiger partial charge in [0.2, 0.25) is 11.9 Å². The summed E-state index contributed by atoms with van der Waals surface area (Å²) in [6.45, 7) is 0. The molecule has 0 saturated heterocycles. The smallest absolute Gasteiger partial charge is 0.264 e. The molecule has 5 rings (SSSR count). The summed E-state index contributed by atoms with van der Waals surface area (Å²) >= 11 is 1.39. The highest BCUT2D eigenvalue weighted by Crippen LogP contribution is 2.48. The van der Waals surface area contributed by atoms with E-state index >= 15 is 0 Å². The Morgan fingerprint density at radius 3 is 2.61 bits per heavy atom. The van der Waals surface area contributed by atoms with Crippen LogP contribution in [0.15, 0.2) is 72.0 Å². The number of benzene rings is 2. The third kappa shape index (κ3) is 4.12. The molecule has 156 valence electrons. The standard InChI is InChI=1S/C21H17N5O3S2/c27-20(25-15-5-2-14-12-24-30-19(14)10-15)18-11-17(18)13-3-6-16(7-4-13)31(28,29)26-21-22-8-1-9-23-21/h1-10,12,17-18H,11H2,(H,25,27)(H,22,23,26)/t17?,18-/m1/s1. The van der Waals surface area contributed by atoms with Crippen LogP contribution in [0.3, 0.4) is 0 Å². The predicted octanol–water partition coefficient (Wildman–Crippen LogP) is 3.63. The number of carbonyl (C=O) groups is 1. The van der Waals surface area contributed by atoms with Crippen LogP contribution in [0.1, 0.15) is 17.9 Å². The number of nitrogens with zero attached hydrogens (tertiary/aromatic N) is 3. The van der Waals surface area contributed by atoms with Crippen molar-refractivity contribution in [2.45, 2.75) is 17.2 Å². The first-order chi connectivity index (χ1) is 15.0. The van der Waals surface area contributed by atoms with E-state index in [4.69, 9.17) is 0 Å². The van der Waals surface area contributed by atoms with Crippen LogP contribution in [0.2, 0.25) is 0 Å². The molecule has 0 radical (unpaired) electrons. The predicted molar refractivity (Wildman–Crippen MR) is 118 cm³/mol. The van der Waals surface area contributed by atoms with E-state index in [0.717, 1.165) is 27.8 Å².